The average Bonchev–Trinajstić information content (AvgIpc) is 3.14. The maximum atomic E-state index is 13.5. The minimum absolute atomic E-state index is 0.0721. The predicted octanol–water partition coefficient (Wildman–Crippen LogP) is 3.25. The number of fused-ring (bicyclic) bond motifs is 3. The molecule has 1 amide bonds. The number of amides is 1. The zero-order chi connectivity index (χ0) is 20.7. The first kappa shape index (κ1) is 18.8. The second-order valence-corrected chi connectivity index (χ2v) is 7.26. The fraction of sp³-hybridized carbons (Fsp3) is 0.238. The van der Waals surface area contributed by atoms with Gasteiger partial charge in [-0.1, -0.05) is 32.0 Å². The van der Waals surface area contributed by atoms with Crippen LogP contribution in [0.1, 0.15) is 31.2 Å². The SMILES string of the molecule is Cc1ccc(F)cc1NC(=O)Cn1c(=O)c2nnc(C(C)C)n2c2ccccc21. The van der Waals surface area contributed by atoms with E-state index in [1.165, 1.54) is 16.7 Å². The van der Waals surface area contributed by atoms with Gasteiger partial charge < -0.3 is 5.32 Å². The summed E-state index contributed by atoms with van der Waals surface area (Å²) in [5.74, 6) is -0.123. The van der Waals surface area contributed by atoms with Gasteiger partial charge in [-0.15, -0.1) is 10.2 Å². The molecular weight excluding hydrogens is 373 g/mol. The van der Waals surface area contributed by atoms with Crippen molar-refractivity contribution in [3.8, 4) is 0 Å². The number of aromatic nitrogens is 4. The molecule has 0 aliphatic heterocycles. The Morgan fingerprint density at radius 2 is 1.86 bits per heavy atom. The van der Waals surface area contributed by atoms with E-state index in [0.29, 0.717) is 17.0 Å². The van der Waals surface area contributed by atoms with Crippen molar-refractivity contribution < 1.29 is 9.18 Å². The van der Waals surface area contributed by atoms with E-state index >= 15 is 0 Å². The lowest BCUT2D eigenvalue weighted by Gasteiger charge is -2.14. The lowest BCUT2D eigenvalue weighted by Crippen LogP contribution is -2.29. The molecule has 29 heavy (non-hydrogen) atoms. The largest absolute Gasteiger partial charge is 0.324 e. The molecule has 0 saturated carbocycles. The summed E-state index contributed by atoms with van der Waals surface area (Å²) in [6, 6.07) is 11.5. The molecule has 2 heterocycles. The smallest absolute Gasteiger partial charge is 0.297 e. The molecular formula is C21H20FN5O2. The second-order valence-electron chi connectivity index (χ2n) is 7.26. The van der Waals surface area contributed by atoms with Crippen molar-refractivity contribution >= 4 is 28.3 Å². The van der Waals surface area contributed by atoms with E-state index in [-0.39, 0.29) is 18.1 Å². The Labute approximate surface area is 165 Å². The van der Waals surface area contributed by atoms with Crippen LogP contribution in [0.2, 0.25) is 0 Å². The first-order chi connectivity index (χ1) is 13.9. The van der Waals surface area contributed by atoms with Crippen LogP contribution >= 0.6 is 0 Å². The molecule has 0 unspecified atom stereocenters. The van der Waals surface area contributed by atoms with Gasteiger partial charge in [0.15, 0.2) is 0 Å². The summed E-state index contributed by atoms with van der Waals surface area (Å²) in [6.45, 7) is 5.50. The number of para-hydroxylation sites is 2. The fourth-order valence-electron chi connectivity index (χ4n) is 3.38. The maximum absolute atomic E-state index is 13.5. The summed E-state index contributed by atoms with van der Waals surface area (Å²) in [5, 5.41) is 10.9. The number of nitrogens with zero attached hydrogens (tertiary/aromatic N) is 4. The third-order valence-electron chi connectivity index (χ3n) is 4.83. The van der Waals surface area contributed by atoms with E-state index in [1.54, 1.807) is 29.5 Å². The van der Waals surface area contributed by atoms with Gasteiger partial charge in [-0.05, 0) is 36.8 Å². The van der Waals surface area contributed by atoms with Crippen molar-refractivity contribution in [3.05, 3.63) is 70.0 Å². The fourth-order valence-corrected chi connectivity index (χ4v) is 3.38. The minimum atomic E-state index is -0.445. The van der Waals surface area contributed by atoms with Gasteiger partial charge in [0.25, 0.3) is 5.56 Å². The Morgan fingerprint density at radius 3 is 2.59 bits per heavy atom. The number of hydrogen-bond acceptors (Lipinski definition) is 4. The first-order valence-corrected chi connectivity index (χ1v) is 9.29. The van der Waals surface area contributed by atoms with Crippen LogP contribution in [0, 0.1) is 12.7 Å². The molecule has 0 bridgehead atoms. The lowest BCUT2D eigenvalue weighted by molar-refractivity contribution is -0.116. The summed E-state index contributed by atoms with van der Waals surface area (Å²) in [6.07, 6.45) is 0. The quantitative estimate of drug-likeness (QED) is 0.577. The third-order valence-corrected chi connectivity index (χ3v) is 4.83. The van der Waals surface area contributed by atoms with Crippen LogP contribution < -0.4 is 10.9 Å². The molecule has 0 fully saturated rings. The zero-order valence-electron chi connectivity index (χ0n) is 16.3. The third kappa shape index (κ3) is 3.26. The normalized spacial score (nSPS) is 11.5. The molecule has 0 radical (unpaired) electrons. The number of carbonyl (C=O) groups is 1. The van der Waals surface area contributed by atoms with Crippen LogP contribution in [0.25, 0.3) is 16.7 Å². The molecule has 0 atom stereocenters. The van der Waals surface area contributed by atoms with E-state index < -0.39 is 17.3 Å². The van der Waals surface area contributed by atoms with Crippen molar-refractivity contribution in [2.75, 3.05) is 5.32 Å². The molecule has 7 nitrogen and oxygen atoms in total. The van der Waals surface area contributed by atoms with E-state index in [4.69, 9.17) is 0 Å². The van der Waals surface area contributed by atoms with Crippen LogP contribution in [0.15, 0.2) is 47.3 Å². The van der Waals surface area contributed by atoms with Crippen molar-refractivity contribution in [3.63, 3.8) is 0 Å². The molecule has 0 aliphatic rings. The van der Waals surface area contributed by atoms with Gasteiger partial charge in [0.1, 0.15) is 18.2 Å². The highest BCUT2D eigenvalue weighted by Gasteiger charge is 2.19. The summed E-state index contributed by atoms with van der Waals surface area (Å²) < 4.78 is 16.6. The summed E-state index contributed by atoms with van der Waals surface area (Å²) >= 11 is 0. The number of nitrogens with one attached hydrogen (secondary N) is 1. The van der Waals surface area contributed by atoms with Crippen molar-refractivity contribution in [1.82, 2.24) is 19.2 Å². The van der Waals surface area contributed by atoms with Crippen LogP contribution in [0.3, 0.4) is 0 Å². The van der Waals surface area contributed by atoms with Gasteiger partial charge in [0.05, 0.1) is 11.0 Å². The Hall–Kier alpha value is -3.55. The first-order valence-electron chi connectivity index (χ1n) is 9.29. The van der Waals surface area contributed by atoms with Gasteiger partial charge in [-0.25, -0.2) is 4.39 Å². The van der Waals surface area contributed by atoms with Gasteiger partial charge in [-0.2, -0.15) is 0 Å². The molecule has 0 spiro atoms. The van der Waals surface area contributed by atoms with Crippen molar-refractivity contribution in [2.24, 2.45) is 0 Å². The highest BCUT2D eigenvalue weighted by Crippen LogP contribution is 2.20. The molecule has 0 saturated heterocycles. The van der Waals surface area contributed by atoms with E-state index in [9.17, 15) is 14.0 Å². The highest BCUT2D eigenvalue weighted by atomic mass is 19.1. The molecule has 1 N–H and O–H groups in total. The topological polar surface area (TPSA) is 81.3 Å². The number of rotatable bonds is 4. The van der Waals surface area contributed by atoms with Crippen LogP contribution in [0.5, 0.6) is 0 Å². The highest BCUT2D eigenvalue weighted by molar-refractivity contribution is 5.92. The molecule has 8 heteroatoms. The Balaban J connectivity index is 1.81. The number of hydrogen-bond donors (Lipinski definition) is 1. The second kappa shape index (κ2) is 7.12. The number of aryl methyl sites for hydroxylation is 1. The average molecular weight is 393 g/mol. The van der Waals surface area contributed by atoms with Crippen molar-refractivity contribution in [1.29, 1.82) is 0 Å². The Bertz CT molecular complexity index is 1310. The van der Waals surface area contributed by atoms with Gasteiger partial charge >= 0.3 is 0 Å². The lowest BCUT2D eigenvalue weighted by atomic mass is 10.2. The van der Waals surface area contributed by atoms with E-state index in [0.717, 1.165) is 11.1 Å². The molecule has 4 rings (SSSR count). The molecule has 4 aromatic rings. The maximum Gasteiger partial charge on any atom is 0.297 e. The standard InChI is InChI=1S/C21H20FN5O2/c1-12(2)19-24-25-20-21(29)26(16-6-4-5-7-17(16)27(19)20)11-18(28)23-15-10-14(22)9-8-13(15)3/h4-10,12H,11H2,1-3H3,(H,23,28). The summed E-state index contributed by atoms with van der Waals surface area (Å²) in [4.78, 5) is 25.7. The number of anilines is 1. The molecule has 2 aromatic carbocycles. The predicted molar refractivity (Wildman–Crippen MR) is 109 cm³/mol. The number of carbonyl (C=O) groups excluding carboxylic acids is 1. The Morgan fingerprint density at radius 1 is 1.14 bits per heavy atom. The minimum Gasteiger partial charge on any atom is -0.324 e. The molecule has 2 aromatic heterocycles. The molecule has 148 valence electrons. The van der Waals surface area contributed by atoms with Gasteiger partial charge in [0.2, 0.25) is 11.6 Å². The van der Waals surface area contributed by atoms with Gasteiger partial charge in [0, 0.05) is 11.6 Å². The number of benzene rings is 2. The van der Waals surface area contributed by atoms with Crippen LogP contribution in [0.4, 0.5) is 10.1 Å². The van der Waals surface area contributed by atoms with Crippen LogP contribution in [-0.2, 0) is 11.3 Å². The van der Waals surface area contributed by atoms with Gasteiger partial charge in [-0.3, -0.25) is 18.6 Å². The van der Waals surface area contributed by atoms with E-state index in [2.05, 4.69) is 15.5 Å². The van der Waals surface area contributed by atoms with Crippen molar-refractivity contribution in [2.45, 2.75) is 33.2 Å². The zero-order valence-corrected chi connectivity index (χ0v) is 16.3. The Kier molecular flexibility index (Phi) is 4.62. The molecule has 0 aliphatic carbocycles. The number of halogens is 1. The van der Waals surface area contributed by atoms with E-state index in [1.807, 2.05) is 26.0 Å². The monoisotopic (exact) mass is 393 g/mol. The summed E-state index contributed by atoms with van der Waals surface area (Å²) in [7, 11) is 0. The van der Waals surface area contributed by atoms with Crippen LogP contribution in [-0.4, -0.2) is 25.1 Å². The summed E-state index contributed by atoms with van der Waals surface area (Å²) in [5.41, 5.74) is 2.20.